The molecule has 168 valence electrons. The number of pyridine rings is 1. The van der Waals surface area contributed by atoms with E-state index in [1.54, 1.807) is 13.1 Å². The summed E-state index contributed by atoms with van der Waals surface area (Å²) in [4.78, 5) is 4.29. The van der Waals surface area contributed by atoms with Gasteiger partial charge in [-0.05, 0) is 83.6 Å². The van der Waals surface area contributed by atoms with E-state index >= 15 is 0 Å². The molecule has 0 amide bonds. The van der Waals surface area contributed by atoms with Crippen LogP contribution < -0.4 is 5.32 Å². The molecule has 0 bridgehead atoms. The topological polar surface area (TPSA) is 47.7 Å². The molecule has 7 heteroatoms. The van der Waals surface area contributed by atoms with Gasteiger partial charge in [0.2, 0.25) is 0 Å². The zero-order chi connectivity index (χ0) is 23.0. The highest BCUT2D eigenvalue weighted by Gasteiger charge is 2.24. The fourth-order valence-corrected chi connectivity index (χ4v) is 4.30. The molecule has 0 spiro atoms. The van der Waals surface area contributed by atoms with Crippen LogP contribution in [0, 0.1) is 0 Å². The van der Waals surface area contributed by atoms with Gasteiger partial charge in [-0.3, -0.25) is 9.67 Å². The number of hydrogen-bond donors (Lipinski definition) is 1. The van der Waals surface area contributed by atoms with Crippen LogP contribution in [0.1, 0.15) is 31.4 Å². The zero-order valence-electron chi connectivity index (χ0n) is 18.4. The first-order valence-corrected chi connectivity index (χ1v) is 12.0. The van der Waals surface area contributed by atoms with Crippen LogP contribution in [0.5, 0.6) is 0 Å². The Morgan fingerprint density at radius 3 is 2.94 bits per heavy atom. The van der Waals surface area contributed by atoms with Gasteiger partial charge in [-0.15, -0.1) is 0 Å². The van der Waals surface area contributed by atoms with Crippen LogP contribution in [-0.2, 0) is 6.54 Å². The lowest BCUT2D eigenvalue weighted by atomic mass is 10.0. The van der Waals surface area contributed by atoms with E-state index in [0.717, 1.165) is 39.0 Å². The van der Waals surface area contributed by atoms with Crippen molar-refractivity contribution < 1.29 is 4.39 Å². The first kappa shape index (κ1) is 21.9. The third-order valence-electron chi connectivity index (χ3n) is 5.68. The number of fused-ring (bicyclic) bond motifs is 1. The predicted molar refractivity (Wildman–Crippen MR) is 141 cm³/mol. The van der Waals surface area contributed by atoms with Gasteiger partial charge in [0.1, 0.15) is 0 Å². The zero-order valence-corrected chi connectivity index (χ0v) is 20.5. The van der Waals surface area contributed by atoms with Gasteiger partial charge >= 0.3 is 0 Å². The van der Waals surface area contributed by atoms with Crippen molar-refractivity contribution in [3.63, 3.8) is 0 Å². The Labute approximate surface area is 206 Å². The van der Waals surface area contributed by atoms with Gasteiger partial charge < -0.3 is 9.88 Å². The molecular formula is C26H25FIN5. The Hall–Kier alpha value is -2.94. The van der Waals surface area contributed by atoms with E-state index in [1.165, 1.54) is 12.8 Å². The molecule has 1 atom stereocenters. The van der Waals surface area contributed by atoms with Crippen molar-refractivity contribution in [1.82, 2.24) is 19.3 Å². The van der Waals surface area contributed by atoms with Crippen LogP contribution >= 0.6 is 22.6 Å². The van der Waals surface area contributed by atoms with Crippen LogP contribution in [0.4, 0.5) is 10.1 Å². The number of halogens is 2. The minimum absolute atomic E-state index is 0.294. The largest absolute Gasteiger partial charge is 0.356 e. The minimum Gasteiger partial charge on any atom is -0.356 e. The highest BCUT2D eigenvalue weighted by molar-refractivity contribution is 14.1. The number of aromatic nitrogens is 4. The van der Waals surface area contributed by atoms with Crippen molar-refractivity contribution in [3.8, 4) is 11.1 Å². The molecule has 0 saturated heterocycles. The van der Waals surface area contributed by atoms with Crippen molar-refractivity contribution in [2.75, 3.05) is 5.32 Å². The third kappa shape index (κ3) is 5.19. The summed E-state index contributed by atoms with van der Waals surface area (Å²) in [5, 5.41) is 8.93. The molecule has 33 heavy (non-hydrogen) atoms. The molecule has 1 aliphatic carbocycles. The smallest absolute Gasteiger partial charge is 0.176 e. The second kappa shape index (κ2) is 8.78. The number of hydrogen-bond acceptors (Lipinski definition) is 3. The summed E-state index contributed by atoms with van der Waals surface area (Å²) >= 11 is 1.83. The average Bonchev–Trinajstić information content (AvgIpc) is 3.39. The second-order valence-corrected chi connectivity index (χ2v) is 10.9. The molecule has 1 unspecified atom stereocenters. The lowest BCUT2D eigenvalue weighted by molar-refractivity contribution is 0.303. The number of nitrogens with zero attached hydrogens (tertiary/aromatic N) is 4. The molecule has 1 fully saturated rings. The summed E-state index contributed by atoms with van der Waals surface area (Å²) in [6.07, 6.45) is 16.0. The van der Waals surface area contributed by atoms with Crippen molar-refractivity contribution in [2.24, 2.45) is 0 Å². The van der Waals surface area contributed by atoms with E-state index in [-0.39, 0.29) is 0 Å². The molecule has 4 aromatic rings. The number of benzene rings is 1. The summed E-state index contributed by atoms with van der Waals surface area (Å²) < 4.78 is 16.9. The van der Waals surface area contributed by atoms with Crippen LogP contribution in [0.15, 0.2) is 79.7 Å². The highest BCUT2D eigenvalue weighted by atomic mass is 127. The Kier molecular flexibility index (Phi) is 5.82. The number of allylic oxidation sites excluding steroid dienone is 1. The lowest BCUT2D eigenvalue weighted by Gasteiger charge is -2.15. The summed E-state index contributed by atoms with van der Waals surface area (Å²) in [7, 11) is 0. The highest BCUT2D eigenvalue weighted by Crippen LogP contribution is 2.35. The van der Waals surface area contributed by atoms with Gasteiger partial charge in [0.05, 0.1) is 24.3 Å². The summed E-state index contributed by atoms with van der Waals surface area (Å²) in [6.45, 7) is 6.03. The Morgan fingerprint density at radius 1 is 1.30 bits per heavy atom. The standard InChI is InChI=1S/C26H25FIN5/c1-18(31-22-6-5-19-10-12-32(25(19)13-22)17-26(2,27)28)3-4-20-14-29-11-9-24(20)21-15-30-33(16-21)23-7-8-23/h3-6,9-16,23,31H,1,7-8,17H2,2H3/b4-3+. The number of anilines is 1. The Morgan fingerprint density at radius 2 is 2.15 bits per heavy atom. The molecule has 0 aliphatic heterocycles. The molecule has 3 aromatic heterocycles. The SMILES string of the molecule is C=C(/C=C/c1cnccc1-c1cnn(C2CC2)c1)Nc1ccc2ccn(CC(C)(F)I)c2c1. The first-order chi connectivity index (χ1) is 15.9. The lowest BCUT2D eigenvalue weighted by Crippen LogP contribution is -2.16. The van der Waals surface area contributed by atoms with E-state index in [4.69, 9.17) is 0 Å². The van der Waals surface area contributed by atoms with E-state index in [2.05, 4.69) is 32.9 Å². The van der Waals surface area contributed by atoms with Gasteiger partial charge in [0, 0.05) is 47.3 Å². The summed E-state index contributed by atoms with van der Waals surface area (Å²) in [5.41, 5.74) is 5.82. The first-order valence-electron chi connectivity index (χ1n) is 10.9. The van der Waals surface area contributed by atoms with Gasteiger partial charge in [0.25, 0.3) is 0 Å². The molecule has 0 radical (unpaired) electrons. The van der Waals surface area contributed by atoms with E-state index < -0.39 is 3.68 Å². The monoisotopic (exact) mass is 553 g/mol. The van der Waals surface area contributed by atoms with E-state index in [9.17, 15) is 4.39 Å². The molecule has 3 heterocycles. The van der Waals surface area contributed by atoms with E-state index in [1.807, 2.05) is 88.2 Å². The Balaban J connectivity index is 1.33. The van der Waals surface area contributed by atoms with E-state index in [0.29, 0.717) is 12.6 Å². The van der Waals surface area contributed by atoms with Crippen LogP contribution in [0.25, 0.3) is 28.1 Å². The number of rotatable bonds is 8. The molecule has 5 nitrogen and oxygen atoms in total. The summed E-state index contributed by atoms with van der Waals surface area (Å²) in [6, 6.07) is 10.6. The molecular weight excluding hydrogens is 528 g/mol. The molecule has 5 rings (SSSR count). The van der Waals surface area contributed by atoms with Crippen LogP contribution in [0.3, 0.4) is 0 Å². The number of alkyl halides is 2. The molecule has 1 aromatic carbocycles. The predicted octanol–water partition coefficient (Wildman–Crippen LogP) is 6.99. The van der Waals surface area contributed by atoms with Crippen molar-refractivity contribution in [3.05, 3.63) is 85.2 Å². The van der Waals surface area contributed by atoms with Crippen LogP contribution in [0.2, 0.25) is 0 Å². The van der Waals surface area contributed by atoms with Crippen LogP contribution in [-0.4, -0.2) is 23.0 Å². The van der Waals surface area contributed by atoms with Gasteiger partial charge in [-0.25, -0.2) is 4.39 Å². The van der Waals surface area contributed by atoms with Gasteiger partial charge in [-0.1, -0.05) is 18.7 Å². The van der Waals surface area contributed by atoms with Crippen molar-refractivity contribution >= 4 is 45.3 Å². The molecule has 1 N–H and O–H groups in total. The van der Waals surface area contributed by atoms with Crippen molar-refractivity contribution in [1.29, 1.82) is 0 Å². The maximum atomic E-state index is 14.2. The second-order valence-electron chi connectivity index (χ2n) is 8.67. The quantitative estimate of drug-likeness (QED) is 0.145. The normalized spacial score (nSPS) is 15.7. The average molecular weight is 553 g/mol. The van der Waals surface area contributed by atoms with Gasteiger partial charge in [-0.2, -0.15) is 5.10 Å². The number of nitrogens with one attached hydrogen (secondary N) is 1. The maximum absolute atomic E-state index is 14.2. The maximum Gasteiger partial charge on any atom is 0.176 e. The fourth-order valence-electron chi connectivity index (χ4n) is 3.93. The van der Waals surface area contributed by atoms with Crippen molar-refractivity contribution in [2.45, 2.75) is 36.0 Å². The minimum atomic E-state index is -1.31. The van der Waals surface area contributed by atoms with Gasteiger partial charge in [0.15, 0.2) is 3.68 Å². The Bertz CT molecular complexity index is 1340. The molecule has 1 saturated carbocycles. The summed E-state index contributed by atoms with van der Waals surface area (Å²) in [5.74, 6) is 0. The fraction of sp³-hybridized carbons (Fsp3) is 0.231. The third-order valence-corrected chi connectivity index (χ3v) is 6.02. The molecule has 1 aliphatic rings.